The first-order valence-electron chi connectivity index (χ1n) is 5.95. The fourth-order valence-electron chi connectivity index (χ4n) is 1.77. The molecule has 0 saturated carbocycles. The number of H-pyrrole nitrogens is 1. The number of nitrogens with one attached hydrogen (secondary N) is 3. The van der Waals surface area contributed by atoms with Gasteiger partial charge in [-0.05, 0) is 19.1 Å². The molecule has 0 aliphatic carbocycles. The zero-order chi connectivity index (χ0) is 14.5. The molecule has 104 valence electrons. The Kier molecular flexibility index (Phi) is 3.94. The Balaban J connectivity index is 2.37. The molecule has 1 amide bonds. The molecule has 2 aromatic rings. The summed E-state index contributed by atoms with van der Waals surface area (Å²) in [4.78, 5) is 29.2. The normalized spacial score (nSPS) is 10.1. The number of nitrogens with zero attached hydrogens (tertiary/aromatic N) is 2. The minimum atomic E-state index is -0.591. The Bertz CT molecular complexity index is 624. The van der Waals surface area contributed by atoms with Crippen molar-refractivity contribution in [2.24, 2.45) is 0 Å². The monoisotopic (exact) mass is 275 g/mol. The summed E-state index contributed by atoms with van der Waals surface area (Å²) in [6.45, 7) is 2.34. The number of carbonyl (C=O) groups excluding carboxylic acids is 1. The van der Waals surface area contributed by atoms with Crippen molar-refractivity contribution >= 4 is 23.2 Å². The van der Waals surface area contributed by atoms with Crippen LogP contribution in [-0.4, -0.2) is 27.3 Å². The quantitative estimate of drug-likeness (QED) is 0.570. The van der Waals surface area contributed by atoms with Gasteiger partial charge in [0.15, 0.2) is 0 Å². The van der Waals surface area contributed by atoms with Gasteiger partial charge in [0, 0.05) is 18.9 Å². The van der Waals surface area contributed by atoms with E-state index in [4.69, 9.17) is 0 Å². The maximum absolute atomic E-state index is 12.1. The molecular weight excluding hydrogens is 262 g/mol. The Hall–Kier alpha value is -2.90. The molecule has 0 aliphatic rings. The van der Waals surface area contributed by atoms with Crippen LogP contribution >= 0.6 is 0 Å². The van der Waals surface area contributed by atoms with Gasteiger partial charge in [-0.2, -0.15) is 0 Å². The van der Waals surface area contributed by atoms with Gasteiger partial charge in [0.25, 0.3) is 5.91 Å². The number of aromatic nitrogens is 2. The number of aromatic amines is 1. The van der Waals surface area contributed by atoms with E-state index in [2.05, 4.69) is 20.6 Å². The van der Waals surface area contributed by atoms with Crippen LogP contribution in [0.3, 0.4) is 0 Å². The predicted octanol–water partition coefficient (Wildman–Crippen LogP) is 2.00. The third-order valence-electron chi connectivity index (χ3n) is 2.56. The van der Waals surface area contributed by atoms with Crippen molar-refractivity contribution in [3.05, 3.63) is 46.3 Å². The van der Waals surface area contributed by atoms with Crippen LogP contribution in [0.4, 0.5) is 17.3 Å². The summed E-state index contributed by atoms with van der Waals surface area (Å²) >= 11 is 0. The van der Waals surface area contributed by atoms with E-state index in [9.17, 15) is 14.9 Å². The molecule has 0 aliphatic heterocycles. The van der Waals surface area contributed by atoms with E-state index in [1.807, 2.05) is 6.92 Å². The summed E-state index contributed by atoms with van der Waals surface area (Å²) in [6, 6.07) is 4.55. The first-order chi connectivity index (χ1) is 9.63. The van der Waals surface area contributed by atoms with E-state index in [-0.39, 0.29) is 17.2 Å². The van der Waals surface area contributed by atoms with Gasteiger partial charge in [0.05, 0.1) is 4.92 Å². The van der Waals surface area contributed by atoms with Crippen molar-refractivity contribution < 1.29 is 9.72 Å². The predicted molar refractivity (Wildman–Crippen MR) is 73.8 cm³/mol. The molecule has 0 fully saturated rings. The minimum Gasteiger partial charge on any atom is -0.380 e. The zero-order valence-corrected chi connectivity index (χ0v) is 10.7. The van der Waals surface area contributed by atoms with E-state index in [1.54, 1.807) is 18.3 Å². The highest BCUT2D eigenvalue weighted by Gasteiger charge is 2.24. The molecule has 0 bridgehead atoms. The molecule has 3 N–H and O–H groups in total. The Morgan fingerprint density at radius 1 is 1.50 bits per heavy atom. The molecule has 1 aromatic heterocycles. The van der Waals surface area contributed by atoms with Gasteiger partial charge in [-0.25, -0.2) is 4.98 Å². The smallest absolute Gasteiger partial charge is 0.305 e. The molecule has 0 radical (unpaired) electrons. The molecule has 0 spiro atoms. The van der Waals surface area contributed by atoms with Gasteiger partial charge in [-0.15, -0.1) is 0 Å². The third kappa shape index (κ3) is 2.74. The average Bonchev–Trinajstić information content (AvgIpc) is 2.91. The van der Waals surface area contributed by atoms with Gasteiger partial charge in [-0.3, -0.25) is 20.2 Å². The Morgan fingerprint density at radius 3 is 2.90 bits per heavy atom. The number of nitro groups is 1. The molecule has 20 heavy (non-hydrogen) atoms. The second-order valence-corrected chi connectivity index (χ2v) is 3.88. The summed E-state index contributed by atoms with van der Waals surface area (Å²) in [5.74, 6) is -0.357. The molecule has 2 rings (SSSR count). The fraction of sp³-hybridized carbons (Fsp3) is 0.167. The zero-order valence-electron chi connectivity index (χ0n) is 10.7. The van der Waals surface area contributed by atoms with Crippen molar-refractivity contribution in [3.8, 4) is 0 Å². The number of anilines is 2. The van der Waals surface area contributed by atoms with Gasteiger partial charge >= 0.3 is 5.69 Å². The number of rotatable bonds is 5. The largest absolute Gasteiger partial charge is 0.380 e. The number of hydrogen-bond acceptors (Lipinski definition) is 5. The number of amides is 1. The number of carbonyl (C=O) groups is 1. The van der Waals surface area contributed by atoms with E-state index in [0.29, 0.717) is 12.2 Å². The second-order valence-electron chi connectivity index (χ2n) is 3.88. The molecule has 1 aromatic carbocycles. The average molecular weight is 275 g/mol. The van der Waals surface area contributed by atoms with Gasteiger partial charge in [0.2, 0.25) is 5.95 Å². The fourth-order valence-corrected chi connectivity index (χ4v) is 1.77. The summed E-state index contributed by atoms with van der Waals surface area (Å²) in [6.07, 6.45) is 3.01. The van der Waals surface area contributed by atoms with E-state index in [0.717, 1.165) is 0 Å². The van der Waals surface area contributed by atoms with Crippen LogP contribution in [0.25, 0.3) is 0 Å². The maximum atomic E-state index is 12.1. The lowest BCUT2D eigenvalue weighted by Gasteiger charge is -2.08. The van der Waals surface area contributed by atoms with Crippen LogP contribution in [0.2, 0.25) is 0 Å². The van der Waals surface area contributed by atoms with E-state index < -0.39 is 10.8 Å². The SMILES string of the molecule is CCNc1cccc(C(=O)Nc2ncc[nH]2)c1[N+](=O)[O-]. The highest BCUT2D eigenvalue weighted by atomic mass is 16.6. The molecule has 1 heterocycles. The standard InChI is InChI=1S/C12H13N5O3/c1-2-13-9-5-3-4-8(10(9)17(19)20)11(18)16-12-14-6-7-15-12/h3-7,13H,2H2,1H3,(H2,14,15,16,18). The molecule has 0 saturated heterocycles. The third-order valence-corrected chi connectivity index (χ3v) is 2.56. The van der Waals surface area contributed by atoms with Crippen LogP contribution in [0.5, 0.6) is 0 Å². The number of imidazole rings is 1. The Labute approximate surface area is 114 Å². The van der Waals surface area contributed by atoms with Crippen LogP contribution in [0.1, 0.15) is 17.3 Å². The van der Waals surface area contributed by atoms with Crippen LogP contribution < -0.4 is 10.6 Å². The number of nitro benzene ring substituents is 1. The maximum Gasteiger partial charge on any atom is 0.305 e. The molecule has 8 nitrogen and oxygen atoms in total. The minimum absolute atomic E-state index is 0.0233. The van der Waals surface area contributed by atoms with Crippen molar-refractivity contribution in [3.63, 3.8) is 0 Å². The lowest BCUT2D eigenvalue weighted by atomic mass is 10.1. The number of para-hydroxylation sites is 1. The highest BCUT2D eigenvalue weighted by Crippen LogP contribution is 2.28. The van der Waals surface area contributed by atoms with Crippen LogP contribution in [0.15, 0.2) is 30.6 Å². The molecule has 8 heteroatoms. The van der Waals surface area contributed by atoms with Crippen molar-refractivity contribution in [2.75, 3.05) is 17.2 Å². The molecular formula is C12H13N5O3. The Morgan fingerprint density at radius 2 is 2.30 bits per heavy atom. The van der Waals surface area contributed by atoms with E-state index in [1.165, 1.54) is 12.3 Å². The van der Waals surface area contributed by atoms with Gasteiger partial charge in [0.1, 0.15) is 11.3 Å². The summed E-state index contributed by atoms with van der Waals surface area (Å²) in [5.41, 5.74) is 0.0350. The number of hydrogen-bond donors (Lipinski definition) is 3. The van der Waals surface area contributed by atoms with Crippen molar-refractivity contribution in [1.82, 2.24) is 9.97 Å². The van der Waals surface area contributed by atoms with Gasteiger partial charge < -0.3 is 10.3 Å². The van der Waals surface area contributed by atoms with Gasteiger partial charge in [-0.1, -0.05) is 6.07 Å². The first kappa shape index (κ1) is 13.5. The molecule has 0 atom stereocenters. The molecule has 0 unspecified atom stereocenters. The first-order valence-corrected chi connectivity index (χ1v) is 5.95. The van der Waals surface area contributed by atoms with Crippen molar-refractivity contribution in [1.29, 1.82) is 0 Å². The van der Waals surface area contributed by atoms with Crippen LogP contribution in [-0.2, 0) is 0 Å². The summed E-state index contributed by atoms with van der Waals surface area (Å²) in [7, 11) is 0. The highest BCUT2D eigenvalue weighted by molar-refractivity contribution is 6.07. The lowest BCUT2D eigenvalue weighted by Crippen LogP contribution is -2.16. The topological polar surface area (TPSA) is 113 Å². The second kappa shape index (κ2) is 5.83. The lowest BCUT2D eigenvalue weighted by molar-refractivity contribution is -0.384. The summed E-state index contributed by atoms with van der Waals surface area (Å²) < 4.78 is 0. The van der Waals surface area contributed by atoms with Crippen molar-refractivity contribution in [2.45, 2.75) is 6.92 Å². The van der Waals surface area contributed by atoms with Crippen LogP contribution in [0, 0.1) is 10.1 Å². The summed E-state index contributed by atoms with van der Waals surface area (Å²) in [5, 5.41) is 16.5. The number of benzene rings is 1. The van der Waals surface area contributed by atoms with E-state index >= 15 is 0 Å².